The van der Waals surface area contributed by atoms with Crippen LogP contribution in [0.25, 0.3) is 0 Å². The van der Waals surface area contributed by atoms with Crippen LogP contribution >= 0.6 is 0 Å². The van der Waals surface area contributed by atoms with Gasteiger partial charge in [-0.15, -0.1) is 0 Å². The van der Waals surface area contributed by atoms with E-state index in [4.69, 9.17) is 0 Å². The van der Waals surface area contributed by atoms with Crippen LogP contribution in [0, 0.1) is 18.8 Å². The second-order valence-electron chi connectivity index (χ2n) is 8.51. The molecule has 4 heteroatoms. The molecule has 2 atom stereocenters. The number of rotatable bonds is 1. The Hall–Kier alpha value is -3.27. The number of amides is 2. The summed E-state index contributed by atoms with van der Waals surface area (Å²) in [5.74, 6) is -0.682. The molecular weight excluding hydrogens is 360 g/mol. The van der Waals surface area contributed by atoms with Gasteiger partial charge in [-0.2, -0.15) is 0 Å². The van der Waals surface area contributed by atoms with Crippen molar-refractivity contribution in [3.05, 3.63) is 94.7 Å². The number of carbonyl (C=O) groups excluding carboxylic acids is 2. The summed E-state index contributed by atoms with van der Waals surface area (Å²) in [6.45, 7) is 4.03. The summed E-state index contributed by atoms with van der Waals surface area (Å²) >= 11 is 0. The number of hydrogen-bond donors (Lipinski definition) is 0. The van der Waals surface area contributed by atoms with E-state index in [9.17, 15) is 9.59 Å². The lowest BCUT2D eigenvalue weighted by Crippen LogP contribution is -2.51. The highest BCUT2D eigenvalue weighted by Crippen LogP contribution is 2.64. The predicted octanol–water partition coefficient (Wildman–Crippen LogP) is 3.96. The van der Waals surface area contributed by atoms with Crippen LogP contribution in [0.1, 0.15) is 40.7 Å². The molecule has 0 N–H and O–H groups in total. The van der Waals surface area contributed by atoms with Crippen molar-refractivity contribution in [2.75, 3.05) is 4.90 Å². The smallest absolute Gasteiger partial charge is 0.240 e. The second-order valence-corrected chi connectivity index (χ2v) is 8.51. The van der Waals surface area contributed by atoms with Crippen LogP contribution in [0.2, 0.25) is 0 Å². The SMILES string of the molecule is Cc1cccnc1N1C(=O)[C@@H]2C3c4ccccc4C(C)(c4ccccc43)[C@@H]2C1=O. The van der Waals surface area contributed by atoms with Gasteiger partial charge in [0, 0.05) is 17.5 Å². The van der Waals surface area contributed by atoms with E-state index in [0.717, 1.165) is 5.56 Å². The van der Waals surface area contributed by atoms with Crippen LogP contribution in [-0.4, -0.2) is 16.8 Å². The summed E-state index contributed by atoms with van der Waals surface area (Å²) in [4.78, 5) is 33.3. The molecule has 2 bridgehead atoms. The highest BCUT2D eigenvalue weighted by Gasteiger charge is 2.66. The average Bonchev–Trinajstić information content (AvgIpc) is 3.01. The number of aromatic nitrogens is 1. The van der Waals surface area contributed by atoms with E-state index in [1.807, 2.05) is 43.3 Å². The maximum Gasteiger partial charge on any atom is 0.240 e. The Morgan fingerprint density at radius 2 is 1.48 bits per heavy atom. The number of anilines is 1. The van der Waals surface area contributed by atoms with Crippen molar-refractivity contribution in [1.82, 2.24) is 4.98 Å². The van der Waals surface area contributed by atoms with Gasteiger partial charge in [0.15, 0.2) is 0 Å². The fraction of sp³-hybridized carbons (Fsp3) is 0.240. The minimum Gasteiger partial charge on any atom is -0.274 e. The Labute approximate surface area is 169 Å². The highest BCUT2D eigenvalue weighted by atomic mass is 16.2. The van der Waals surface area contributed by atoms with Crippen molar-refractivity contribution in [3.63, 3.8) is 0 Å². The average molecular weight is 380 g/mol. The van der Waals surface area contributed by atoms with Gasteiger partial charge >= 0.3 is 0 Å². The molecular formula is C25H20N2O2. The van der Waals surface area contributed by atoms with Crippen LogP contribution in [0.3, 0.4) is 0 Å². The van der Waals surface area contributed by atoms with Crippen molar-refractivity contribution in [3.8, 4) is 0 Å². The first-order valence-corrected chi connectivity index (χ1v) is 10.0. The highest BCUT2D eigenvalue weighted by molar-refractivity contribution is 6.23. The van der Waals surface area contributed by atoms with Crippen LogP contribution in [0.4, 0.5) is 5.82 Å². The largest absolute Gasteiger partial charge is 0.274 e. The number of nitrogens with zero attached hydrogens (tertiary/aromatic N) is 2. The lowest BCUT2D eigenvalue weighted by Gasteiger charge is -2.52. The zero-order valence-corrected chi connectivity index (χ0v) is 16.3. The van der Waals surface area contributed by atoms with Gasteiger partial charge < -0.3 is 0 Å². The third-order valence-electron chi connectivity index (χ3n) is 7.24. The van der Waals surface area contributed by atoms with E-state index in [-0.39, 0.29) is 17.7 Å². The molecule has 29 heavy (non-hydrogen) atoms. The van der Waals surface area contributed by atoms with Crippen molar-refractivity contribution < 1.29 is 9.59 Å². The minimum absolute atomic E-state index is 0.0975. The first-order valence-electron chi connectivity index (χ1n) is 10.0. The fourth-order valence-corrected chi connectivity index (χ4v) is 6.07. The Kier molecular flexibility index (Phi) is 3.11. The van der Waals surface area contributed by atoms with Gasteiger partial charge in [-0.3, -0.25) is 9.59 Å². The summed E-state index contributed by atoms with van der Waals surface area (Å²) in [5.41, 5.74) is 5.00. The zero-order valence-electron chi connectivity index (χ0n) is 16.3. The number of aryl methyl sites for hydroxylation is 1. The number of carbonyl (C=O) groups is 2. The van der Waals surface area contributed by atoms with Gasteiger partial charge in [0.2, 0.25) is 11.8 Å². The minimum atomic E-state index is -0.531. The Balaban J connectivity index is 1.64. The molecule has 3 aromatic rings. The van der Waals surface area contributed by atoms with Gasteiger partial charge in [0.25, 0.3) is 0 Å². The van der Waals surface area contributed by atoms with Gasteiger partial charge in [-0.05, 0) is 40.8 Å². The topological polar surface area (TPSA) is 50.3 Å². The molecule has 0 radical (unpaired) electrons. The molecule has 4 aliphatic rings. The summed E-state index contributed by atoms with van der Waals surface area (Å²) in [7, 11) is 0. The number of pyridine rings is 1. The molecule has 2 heterocycles. The lowest BCUT2D eigenvalue weighted by molar-refractivity contribution is -0.123. The van der Waals surface area contributed by atoms with Crippen molar-refractivity contribution >= 4 is 17.6 Å². The molecule has 1 saturated heterocycles. The van der Waals surface area contributed by atoms with Crippen molar-refractivity contribution in [2.45, 2.75) is 25.2 Å². The van der Waals surface area contributed by atoms with Crippen molar-refractivity contribution in [2.24, 2.45) is 11.8 Å². The molecule has 1 fully saturated rings. The zero-order chi connectivity index (χ0) is 19.9. The fourth-order valence-electron chi connectivity index (χ4n) is 6.07. The Morgan fingerprint density at radius 1 is 0.862 bits per heavy atom. The summed E-state index contributed by atoms with van der Waals surface area (Å²) in [6.07, 6.45) is 1.64. The molecule has 0 unspecified atom stereocenters. The third kappa shape index (κ3) is 1.82. The molecule has 2 aromatic carbocycles. The van der Waals surface area contributed by atoms with Gasteiger partial charge in [0.05, 0.1) is 11.8 Å². The van der Waals surface area contributed by atoms with Gasteiger partial charge in [0.1, 0.15) is 5.82 Å². The summed E-state index contributed by atoms with van der Waals surface area (Å²) in [6, 6.07) is 20.3. The van der Waals surface area contributed by atoms with Crippen LogP contribution in [0.15, 0.2) is 66.9 Å². The normalized spacial score (nSPS) is 28.9. The van der Waals surface area contributed by atoms with Gasteiger partial charge in [-0.1, -0.05) is 61.5 Å². The second kappa shape index (κ2) is 5.41. The molecule has 2 amide bonds. The number of benzene rings is 2. The first kappa shape index (κ1) is 16.7. The Morgan fingerprint density at radius 3 is 2.10 bits per heavy atom. The third-order valence-corrected chi connectivity index (χ3v) is 7.24. The Bertz CT molecular complexity index is 1170. The lowest BCUT2D eigenvalue weighted by atomic mass is 9.48. The molecule has 142 valence electrons. The van der Waals surface area contributed by atoms with E-state index in [0.29, 0.717) is 5.82 Å². The molecule has 0 saturated carbocycles. The number of hydrogen-bond acceptors (Lipinski definition) is 3. The van der Waals surface area contributed by atoms with E-state index in [1.165, 1.54) is 27.2 Å². The molecule has 1 aromatic heterocycles. The van der Waals surface area contributed by atoms with Crippen LogP contribution in [-0.2, 0) is 15.0 Å². The standard InChI is InChI=1S/C25H20N2O2/c1-14-8-7-13-26-22(14)27-23(28)20-19-15-9-3-5-11-17(15)25(2,21(20)24(27)29)18-12-6-4-10-16(18)19/h3-13,19-21H,1-2H3/t19?,20-,21+,25?/m1/s1. The van der Waals surface area contributed by atoms with Crippen LogP contribution in [0.5, 0.6) is 0 Å². The van der Waals surface area contributed by atoms with Gasteiger partial charge in [-0.25, -0.2) is 9.88 Å². The molecule has 7 rings (SSSR count). The predicted molar refractivity (Wildman–Crippen MR) is 110 cm³/mol. The molecule has 3 aliphatic carbocycles. The summed E-state index contributed by atoms with van der Waals surface area (Å²) < 4.78 is 0. The number of imide groups is 1. The van der Waals surface area contributed by atoms with E-state index in [2.05, 4.69) is 36.2 Å². The maximum absolute atomic E-state index is 13.8. The molecule has 4 nitrogen and oxygen atoms in total. The van der Waals surface area contributed by atoms with E-state index in [1.54, 1.807) is 6.20 Å². The summed E-state index contributed by atoms with van der Waals surface area (Å²) in [5, 5.41) is 0. The van der Waals surface area contributed by atoms with E-state index < -0.39 is 17.3 Å². The molecule has 1 aliphatic heterocycles. The van der Waals surface area contributed by atoms with E-state index >= 15 is 0 Å². The van der Waals surface area contributed by atoms with Crippen LogP contribution < -0.4 is 4.90 Å². The first-order chi connectivity index (χ1) is 14.0. The van der Waals surface area contributed by atoms with Crippen molar-refractivity contribution in [1.29, 1.82) is 0 Å². The monoisotopic (exact) mass is 380 g/mol. The quantitative estimate of drug-likeness (QED) is 0.601. The molecule has 0 spiro atoms. The maximum atomic E-state index is 13.8.